The van der Waals surface area contributed by atoms with E-state index in [4.69, 9.17) is 0 Å². The second kappa shape index (κ2) is 6.27. The van der Waals surface area contributed by atoms with Crippen LogP contribution in [-0.4, -0.2) is 46.8 Å². The minimum absolute atomic E-state index is 0.0409. The molecule has 0 unspecified atom stereocenters. The minimum atomic E-state index is 0.0409. The third-order valence-electron chi connectivity index (χ3n) is 5.89. The van der Waals surface area contributed by atoms with Crippen LogP contribution in [0.3, 0.4) is 0 Å². The van der Waals surface area contributed by atoms with Gasteiger partial charge in [0, 0.05) is 45.3 Å². The number of nitrogens with zero attached hydrogens (tertiary/aromatic N) is 3. The number of rotatable bonds is 3. The first-order chi connectivity index (χ1) is 10.9. The van der Waals surface area contributed by atoms with Crippen LogP contribution >= 0.6 is 0 Å². The molecule has 128 valence electrons. The van der Waals surface area contributed by atoms with Crippen LogP contribution in [0.5, 0.6) is 0 Å². The number of carbonyl (C=O) groups excluding carboxylic acids is 1. The van der Waals surface area contributed by atoms with E-state index in [1.807, 2.05) is 36.1 Å². The largest absolute Gasteiger partial charge is 0.342 e. The molecular formula is C18H30N4O. The van der Waals surface area contributed by atoms with Crippen molar-refractivity contribution in [2.24, 2.45) is 18.4 Å². The van der Waals surface area contributed by atoms with Crippen molar-refractivity contribution in [2.75, 3.05) is 20.1 Å². The van der Waals surface area contributed by atoms with E-state index in [1.165, 1.54) is 18.4 Å². The lowest BCUT2D eigenvalue weighted by Gasteiger charge is -2.39. The summed E-state index contributed by atoms with van der Waals surface area (Å²) in [5.74, 6) is 0.589. The van der Waals surface area contributed by atoms with Gasteiger partial charge in [0.05, 0.1) is 12.1 Å². The predicted octanol–water partition coefficient (Wildman–Crippen LogP) is 2.15. The average Bonchev–Trinajstić information content (AvgIpc) is 3.14. The first kappa shape index (κ1) is 16.5. The van der Waals surface area contributed by atoms with Gasteiger partial charge < -0.3 is 10.2 Å². The Bertz CT molecular complexity index is 555. The summed E-state index contributed by atoms with van der Waals surface area (Å²) in [7, 11) is 3.93. The van der Waals surface area contributed by atoms with Crippen LogP contribution in [0.1, 0.15) is 51.0 Å². The van der Waals surface area contributed by atoms with Crippen LogP contribution in [0, 0.1) is 11.3 Å². The molecule has 1 saturated heterocycles. The molecule has 1 aromatic rings. The number of carbonyl (C=O) groups is 1. The molecule has 0 aromatic carbocycles. The summed E-state index contributed by atoms with van der Waals surface area (Å²) in [4.78, 5) is 15.1. The zero-order chi connectivity index (χ0) is 16.6. The first-order valence-electron chi connectivity index (χ1n) is 8.83. The predicted molar refractivity (Wildman–Crippen MR) is 91.1 cm³/mol. The van der Waals surface area contributed by atoms with E-state index in [9.17, 15) is 4.79 Å². The second-order valence-corrected chi connectivity index (χ2v) is 8.16. The van der Waals surface area contributed by atoms with Crippen molar-refractivity contribution in [1.82, 2.24) is 20.0 Å². The third kappa shape index (κ3) is 3.44. The Morgan fingerprint density at radius 3 is 2.65 bits per heavy atom. The summed E-state index contributed by atoms with van der Waals surface area (Å²) < 4.78 is 1.82. The number of aryl methyl sites for hydroxylation is 1. The summed E-state index contributed by atoms with van der Waals surface area (Å²) in [5, 5.41) is 7.67. The van der Waals surface area contributed by atoms with Gasteiger partial charge in [0.25, 0.3) is 0 Å². The summed E-state index contributed by atoms with van der Waals surface area (Å²) in [6.45, 7) is 6.32. The van der Waals surface area contributed by atoms with Gasteiger partial charge in [-0.3, -0.25) is 9.48 Å². The molecule has 5 heteroatoms. The SMILES string of the molecule is CN(C(=O)[C@H]1CNC[C@@H]1c1cnn(C)c1)C1CCC(C)(C)CC1. The van der Waals surface area contributed by atoms with Gasteiger partial charge in [-0.25, -0.2) is 0 Å². The fraction of sp³-hybridized carbons (Fsp3) is 0.778. The van der Waals surface area contributed by atoms with Gasteiger partial charge in [-0.2, -0.15) is 5.10 Å². The van der Waals surface area contributed by atoms with Gasteiger partial charge in [-0.15, -0.1) is 0 Å². The van der Waals surface area contributed by atoms with Crippen LogP contribution in [-0.2, 0) is 11.8 Å². The maximum Gasteiger partial charge on any atom is 0.227 e. The maximum atomic E-state index is 13.1. The van der Waals surface area contributed by atoms with Crippen LogP contribution in [0.4, 0.5) is 0 Å². The van der Waals surface area contributed by atoms with Gasteiger partial charge in [-0.1, -0.05) is 13.8 Å². The first-order valence-corrected chi connectivity index (χ1v) is 8.83. The van der Waals surface area contributed by atoms with Gasteiger partial charge in [-0.05, 0) is 36.7 Å². The van der Waals surface area contributed by atoms with E-state index in [0.29, 0.717) is 17.4 Å². The summed E-state index contributed by atoms with van der Waals surface area (Å²) in [6.07, 6.45) is 8.64. The Hall–Kier alpha value is -1.36. The van der Waals surface area contributed by atoms with E-state index >= 15 is 0 Å². The summed E-state index contributed by atoms with van der Waals surface area (Å²) >= 11 is 0. The molecule has 1 amide bonds. The number of hydrogen-bond donors (Lipinski definition) is 1. The Morgan fingerprint density at radius 1 is 1.35 bits per heavy atom. The van der Waals surface area contributed by atoms with Crippen LogP contribution in [0.15, 0.2) is 12.4 Å². The van der Waals surface area contributed by atoms with Gasteiger partial charge in [0.15, 0.2) is 0 Å². The summed E-state index contributed by atoms with van der Waals surface area (Å²) in [6, 6.07) is 0.408. The lowest BCUT2D eigenvalue weighted by molar-refractivity contribution is -0.137. The monoisotopic (exact) mass is 318 g/mol. The lowest BCUT2D eigenvalue weighted by atomic mass is 9.75. The number of nitrogens with one attached hydrogen (secondary N) is 1. The Kier molecular flexibility index (Phi) is 4.50. The van der Waals surface area contributed by atoms with E-state index in [-0.39, 0.29) is 11.8 Å². The number of aromatic nitrogens is 2. The van der Waals surface area contributed by atoms with Crippen molar-refractivity contribution < 1.29 is 4.79 Å². The Balaban J connectivity index is 1.67. The molecule has 1 aromatic heterocycles. The molecular weight excluding hydrogens is 288 g/mol. The topological polar surface area (TPSA) is 50.2 Å². The highest BCUT2D eigenvalue weighted by Crippen LogP contribution is 2.37. The Morgan fingerprint density at radius 2 is 2.04 bits per heavy atom. The molecule has 2 atom stereocenters. The number of hydrogen-bond acceptors (Lipinski definition) is 3. The molecule has 0 bridgehead atoms. The number of amides is 1. The molecule has 1 saturated carbocycles. The molecule has 2 fully saturated rings. The van der Waals surface area contributed by atoms with E-state index < -0.39 is 0 Å². The smallest absolute Gasteiger partial charge is 0.227 e. The normalized spacial score (nSPS) is 28.0. The van der Waals surface area contributed by atoms with E-state index in [0.717, 1.165) is 25.9 Å². The quantitative estimate of drug-likeness (QED) is 0.929. The minimum Gasteiger partial charge on any atom is -0.342 e. The highest BCUT2D eigenvalue weighted by molar-refractivity contribution is 5.80. The van der Waals surface area contributed by atoms with Crippen molar-refractivity contribution in [3.63, 3.8) is 0 Å². The zero-order valence-electron chi connectivity index (χ0n) is 14.9. The molecule has 0 radical (unpaired) electrons. The zero-order valence-corrected chi connectivity index (χ0v) is 14.9. The molecule has 5 nitrogen and oxygen atoms in total. The maximum absolute atomic E-state index is 13.1. The van der Waals surface area contributed by atoms with Crippen molar-refractivity contribution in [1.29, 1.82) is 0 Å². The molecule has 3 rings (SSSR count). The molecule has 1 aliphatic carbocycles. The molecule has 0 spiro atoms. The fourth-order valence-corrected chi connectivity index (χ4v) is 4.13. The van der Waals surface area contributed by atoms with E-state index in [2.05, 4.69) is 24.3 Å². The third-order valence-corrected chi connectivity index (χ3v) is 5.89. The fourth-order valence-electron chi connectivity index (χ4n) is 4.13. The van der Waals surface area contributed by atoms with E-state index in [1.54, 1.807) is 0 Å². The van der Waals surface area contributed by atoms with Gasteiger partial charge >= 0.3 is 0 Å². The highest BCUT2D eigenvalue weighted by atomic mass is 16.2. The van der Waals surface area contributed by atoms with Gasteiger partial charge in [0.1, 0.15) is 0 Å². The molecule has 1 aliphatic heterocycles. The highest BCUT2D eigenvalue weighted by Gasteiger charge is 2.39. The van der Waals surface area contributed by atoms with Crippen molar-refractivity contribution in [2.45, 2.75) is 51.5 Å². The van der Waals surface area contributed by atoms with Gasteiger partial charge in [0.2, 0.25) is 5.91 Å². The molecule has 23 heavy (non-hydrogen) atoms. The van der Waals surface area contributed by atoms with Crippen LogP contribution in [0.25, 0.3) is 0 Å². The Labute approximate surface area is 139 Å². The van der Waals surface area contributed by atoms with Crippen molar-refractivity contribution in [3.8, 4) is 0 Å². The lowest BCUT2D eigenvalue weighted by Crippen LogP contribution is -2.44. The molecule has 2 heterocycles. The van der Waals surface area contributed by atoms with Crippen LogP contribution < -0.4 is 5.32 Å². The van der Waals surface area contributed by atoms with Crippen molar-refractivity contribution >= 4 is 5.91 Å². The average molecular weight is 318 g/mol. The standard InChI is InChI=1S/C18H30N4O/c1-18(2)7-5-14(6-8-18)22(4)17(23)16-11-19-10-15(16)13-9-20-21(3)12-13/h9,12,14-16,19H,5-8,10-11H2,1-4H3/t15-,16+/m1/s1. The van der Waals surface area contributed by atoms with Crippen LogP contribution in [0.2, 0.25) is 0 Å². The molecule has 2 aliphatic rings. The van der Waals surface area contributed by atoms with Crippen molar-refractivity contribution in [3.05, 3.63) is 18.0 Å². The summed E-state index contributed by atoms with van der Waals surface area (Å²) in [5.41, 5.74) is 1.61. The molecule has 1 N–H and O–H groups in total. The second-order valence-electron chi connectivity index (χ2n) is 8.16.